The van der Waals surface area contributed by atoms with Crippen LogP contribution in [-0.2, 0) is 15.5 Å². The number of guanidine groups is 1. The van der Waals surface area contributed by atoms with E-state index in [9.17, 15) is 9.00 Å². The summed E-state index contributed by atoms with van der Waals surface area (Å²) in [5.41, 5.74) is -0.476. The van der Waals surface area contributed by atoms with Crippen LogP contribution < -0.4 is 16.0 Å². The fourth-order valence-corrected chi connectivity index (χ4v) is 3.79. The first kappa shape index (κ1) is 24.7. The predicted molar refractivity (Wildman–Crippen MR) is 117 cm³/mol. The SMILES string of the molecule is CCNC(=NCCS(=O)C(C)(C)C)NC1CCC(NC(=O)OC(C)(C)C)CC1. The minimum absolute atomic E-state index is 0.154. The van der Waals surface area contributed by atoms with Gasteiger partial charge in [0.25, 0.3) is 0 Å². The molecular formula is C20H40N4O3S. The molecule has 0 aromatic carbocycles. The molecule has 1 aliphatic carbocycles. The second-order valence-corrected chi connectivity index (χ2v) is 11.6. The van der Waals surface area contributed by atoms with Crippen molar-refractivity contribution in [3.8, 4) is 0 Å². The van der Waals surface area contributed by atoms with Crippen LogP contribution in [0.25, 0.3) is 0 Å². The molecule has 0 bridgehead atoms. The zero-order chi connectivity index (χ0) is 21.4. The Kier molecular flexibility index (Phi) is 9.74. The zero-order valence-corrected chi connectivity index (χ0v) is 19.5. The molecule has 1 saturated carbocycles. The van der Waals surface area contributed by atoms with E-state index in [1.165, 1.54) is 0 Å². The van der Waals surface area contributed by atoms with Crippen LogP contribution in [0.5, 0.6) is 0 Å². The Morgan fingerprint density at radius 3 is 2.04 bits per heavy atom. The van der Waals surface area contributed by atoms with Crippen molar-refractivity contribution < 1.29 is 13.7 Å². The number of ether oxygens (including phenoxy) is 1. The van der Waals surface area contributed by atoms with Crippen molar-refractivity contribution in [3.63, 3.8) is 0 Å². The number of nitrogens with one attached hydrogen (secondary N) is 3. The highest BCUT2D eigenvalue weighted by atomic mass is 32.2. The molecule has 1 rings (SSSR count). The van der Waals surface area contributed by atoms with Gasteiger partial charge in [-0.25, -0.2) is 4.79 Å². The Morgan fingerprint density at radius 1 is 1.04 bits per heavy atom. The van der Waals surface area contributed by atoms with Crippen molar-refractivity contribution in [2.24, 2.45) is 4.99 Å². The Bertz CT molecular complexity index is 545. The lowest BCUT2D eigenvalue weighted by Crippen LogP contribution is -2.48. The van der Waals surface area contributed by atoms with E-state index in [-0.39, 0.29) is 16.9 Å². The van der Waals surface area contributed by atoms with Crippen LogP contribution in [0.4, 0.5) is 4.79 Å². The summed E-state index contributed by atoms with van der Waals surface area (Å²) in [6, 6.07) is 0.476. The number of hydrogen-bond donors (Lipinski definition) is 3. The van der Waals surface area contributed by atoms with Gasteiger partial charge in [0.1, 0.15) is 5.60 Å². The monoisotopic (exact) mass is 416 g/mol. The van der Waals surface area contributed by atoms with Crippen molar-refractivity contribution in [2.75, 3.05) is 18.8 Å². The second-order valence-electron chi connectivity index (χ2n) is 9.26. The molecule has 0 heterocycles. The molecule has 1 amide bonds. The lowest BCUT2D eigenvalue weighted by Gasteiger charge is -2.31. The molecule has 1 aliphatic rings. The number of alkyl carbamates (subject to hydrolysis) is 1. The minimum atomic E-state index is -0.897. The van der Waals surface area contributed by atoms with Gasteiger partial charge in [-0.3, -0.25) is 9.20 Å². The molecule has 0 spiro atoms. The van der Waals surface area contributed by atoms with Gasteiger partial charge >= 0.3 is 6.09 Å². The van der Waals surface area contributed by atoms with E-state index in [1.807, 2.05) is 48.5 Å². The summed E-state index contributed by atoms with van der Waals surface area (Å²) in [4.78, 5) is 16.5. The van der Waals surface area contributed by atoms with Gasteiger partial charge in [-0.15, -0.1) is 0 Å². The maximum Gasteiger partial charge on any atom is 0.407 e. The molecule has 1 unspecified atom stereocenters. The number of carbonyl (C=O) groups is 1. The first-order valence-electron chi connectivity index (χ1n) is 10.3. The highest BCUT2D eigenvalue weighted by Gasteiger charge is 2.25. The fraction of sp³-hybridized carbons (Fsp3) is 0.900. The van der Waals surface area contributed by atoms with Gasteiger partial charge in [0.15, 0.2) is 5.96 Å². The van der Waals surface area contributed by atoms with Crippen LogP contribution in [0, 0.1) is 0 Å². The van der Waals surface area contributed by atoms with Gasteiger partial charge in [-0.05, 0) is 74.1 Å². The predicted octanol–water partition coefficient (Wildman–Crippen LogP) is 2.92. The standard InChI is InChI=1S/C20H40N4O3S/c1-8-21-17(22-13-14-28(26)20(5,6)7)23-15-9-11-16(12-10-15)24-18(25)27-19(2,3)4/h15-16H,8-14H2,1-7H3,(H,24,25)(H2,21,22,23). The molecule has 1 fully saturated rings. The summed E-state index contributed by atoms with van der Waals surface area (Å²) >= 11 is 0. The smallest absolute Gasteiger partial charge is 0.407 e. The molecule has 0 aromatic heterocycles. The highest BCUT2D eigenvalue weighted by molar-refractivity contribution is 7.86. The Balaban J connectivity index is 2.44. The average Bonchev–Trinajstić information content (AvgIpc) is 2.54. The quantitative estimate of drug-likeness (QED) is 0.457. The number of nitrogens with zero attached hydrogens (tertiary/aromatic N) is 1. The second kappa shape index (κ2) is 11.0. The van der Waals surface area contributed by atoms with Gasteiger partial charge in [0, 0.05) is 39.9 Å². The Morgan fingerprint density at radius 2 is 1.57 bits per heavy atom. The molecule has 0 aromatic rings. The number of hydrogen-bond acceptors (Lipinski definition) is 4. The van der Waals surface area contributed by atoms with Crippen molar-refractivity contribution >= 4 is 22.9 Å². The molecule has 8 heteroatoms. The third-order valence-corrected chi connectivity index (χ3v) is 6.28. The minimum Gasteiger partial charge on any atom is -0.444 e. The maximum atomic E-state index is 12.2. The largest absolute Gasteiger partial charge is 0.444 e. The molecule has 0 saturated heterocycles. The highest BCUT2D eigenvalue weighted by Crippen LogP contribution is 2.19. The van der Waals surface area contributed by atoms with Gasteiger partial charge in [-0.1, -0.05) is 0 Å². The Labute approximate surface area is 173 Å². The van der Waals surface area contributed by atoms with Gasteiger partial charge in [-0.2, -0.15) is 0 Å². The summed E-state index contributed by atoms with van der Waals surface area (Å²) in [7, 11) is -0.897. The molecular weight excluding hydrogens is 376 g/mol. The van der Waals surface area contributed by atoms with Gasteiger partial charge in [0.05, 0.1) is 6.54 Å². The van der Waals surface area contributed by atoms with Gasteiger partial charge in [0.2, 0.25) is 0 Å². The average molecular weight is 417 g/mol. The van der Waals surface area contributed by atoms with Crippen molar-refractivity contribution in [3.05, 3.63) is 0 Å². The molecule has 0 aliphatic heterocycles. The normalized spacial score (nSPS) is 22.3. The van der Waals surface area contributed by atoms with E-state index in [0.29, 0.717) is 18.3 Å². The number of carbonyl (C=O) groups excluding carboxylic acids is 1. The van der Waals surface area contributed by atoms with E-state index < -0.39 is 16.4 Å². The Hall–Kier alpha value is -1.31. The van der Waals surface area contributed by atoms with Crippen LogP contribution >= 0.6 is 0 Å². The molecule has 0 radical (unpaired) electrons. The van der Waals surface area contributed by atoms with Crippen molar-refractivity contribution in [1.29, 1.82) is 0 Å². The van der Waals surface area contributed by atoms with Crippen LogP contribution in [0.15, 0.2) is 4.99 Å². The first-order valence-corrected chi connectivity index (χ1v) is 11.7. The van der Waals surface area contributed by atoms with Crippen LogP contribution in [0.1, 0.15) is 74.1 Å². The topological polar surface area (TPSA) is 91.8 Å². The maximum absolute atomic E-state index is 12.2. The number of amides is 1. The summed E-state index contributed by atoms with van der Waals surface area (Å²) in [6.07, 6.45) is 3.39. The third kappa shape index (κ3) is 10.3. The molecule has 1 atom stereocenters. The third-order valence-electron chi connectivity index (χ3n) is 4.36. The number of aliphatic imine (C=N–C) groups is 1. The molecule has 3 N–H and O–H groups in total. The van der Waals surface area contributed by atoms with E-state index >= 15 is 0 Å². The van der Waals surface area contributed by atoms with Crippen LogP contribution in [0.2, 0.25) is 0 Å². The lowest BCUT2D eigenvalue weighted by molar-refractivity contribution is 0.0490. The van der Waals surface area contributed by atoms with E-state index in [0.717, 1.165) is 38.2 Å². The lowest BCUT2D eigenvalue weighted by atomic mass is 9.91. The summed E-state index contributed by atoms with van der Waals surface area (Å²) in [5, 5.41) is 9.71. The molecule has 7 nitrogen and oxygen atoms in total. The fourth-order valence-electron chi connectivity index (χ4n) is 2.92. The van der Waals surface area contributed by atoms with Crippen molar-refractivity contribution in [2.45, 2.75) is 96.6 Å². The van der Waals surface area contributed by atoms with Crippen LogP contribution in [-0.4, -0.2) is 57.5 Å². The van der Waals surface area contributed by atoms with E-state index in [2.05, 4.69) is 20.9 Å². The van der Waals surface area contributed by atoms with E-state index in [4.69, 9.17) is 4.74 Å². The summed E-state index contributed by atoms with van der Waals surface area (Å²) in [6.45, 7) is 14.9. The molecule has 164 valence electrons. The summed E-state index contributed by atoms with van der Waals surface area (Å²) < 4.78 is 17.3. The van der Waals surface area contributed by atoms with Gasteiger partial charge < -0.3 is 20.7 Å². The van der Waals surface area contributed by atoms with Crippen LogP contribution in [0.3, 0.4) is 0 Å². The molecule has 28 heavy (non-hydrogen) atoms. The summed E-state index contributed by atoms with van der Waals surface area (Å²) in [5.74, 6) is 1.34. The first-order chi connectivity index (χ1) is 12.9. The zero-order valence-electron chi connectivity index (χ0n) is 18.7. The van der Waals surface area contributed by atoms with Crippen molar-refractivity contribution in [1.82, 2.24) is 16.0 Å². The number of rotatable bonds is 6. The van der Waals surface area contributed by atoms with E-state index in [1.54, 1.807) is 0 Å².